The van der Waals surface area contributed by atoms with Crippen LogP contribution in [0, 0.1) is 34.0 Å². The van der Waals surface area contributed by atoms with Crippen molar-refractivity contribution in [3.8, 4) is 0 Å². The molecule has 0 bridgehead atoms. The molecule has 2 N–H and O–H groups in total. The third-order valence-corrected chi connectivity index (χ3v) is 8.66. The number of aliphatic carboxylic acids is 1. The third-order valence-electron chi connectivity index (χ3n) is 8.66. The summed E-state index contributed by atoms with van der Waals surface area (Å²) >= 11 is 0. The van der Waals surface area contributed by atoms with Gasteiger partial charge in [-0.2, -0.15) is 0 Å². The van der Waals surface area contributed by atoms with Crippen molar-refractivity contribution in [2.75, 3.05) is 0 Å². The van der Waals surface area contributed by atoms with E-state index in [2.05, 4.69) is 44.8 Å². The van der Waals surface area contributed by atoms with E-state index in [1.54, 1.807) is 5.57 Å². The minimum atomic E-state index is -0.929. The first kappa shape index (κ1) is 23.1. The molecule has 1 amide bonds. The number of carbonyl (C=O) groups is 2. The molecule has 0 aromatic carbocycles. The van der Waals surface area contributed by atoms with Crippen molar-refractivity contribution >= 4 is 11.9 Å². The molecule has 0 saturated heterocycles. The molecule has 3 rings (SSSR count). The lowest BCUT2D eigenvalue weighted by Gasteiger charge is -2.58. The minimum absolute atomic E-state index is 0.0343. The molecule has 0 radical (unpaired) electrons. The number of carbonyl (C=O) groups excluding carboxylic acids is 1. The molecule has 0 aliphatic heterocycles. The third kappa shape index (κ3) is 3.99. The Morgan fingerprint density at radius 3 is 2.57 bits per heavy atom. The molecule has 6 atom stereocenters. The molecule has 2 fully saturated rings. The number of amides is 1. The highest BCUT2D eigenvalue weighted by Crippen LogP contribution is 2.63. The maximum atomic E-state index is 13.5. The highest BCUT2D eigenvalue weighted by atomic mass is 16.4. The first-order chi connectivity index (χ1) is 13.9. The van der Waals surface area contributed by atoms with Crippen LogP contribution in [0.1, 0.15) is 86.0 Å². The summed E-state index contributed by atoms with van der Waals surface area (Å²) in [5.41, 5.74) is 1.27. The molecular weight excluding hydrogens is 374 g/mol. The molecule has 2 unspecified atom stereocenters. The van der Waals surface area contributed by atoms with Crippen molar-refractivity contribution in [1.29, 1.82) is 0 Å². The Hall–Kier alpha value is -1.58. The predicted octanol–water partition coefficient (Wildman–Crippen LogP) is 5.74. The molecule has 0 aromatic rings. The first-order valence-corrected chi connectivity index (χ1v) is 11.8. The normalized spacial score (nSPS) is 39.3. The average molecular weight is 416 g/mol. The van der Waals surface area contributed by atoms with Crippen molar-refractivity contribution in [2.45, 2.75) is 92.0 Å². The van der Waals surface area contributed by atoms with Crippen molar-refractivity contribution in [2.24, 2.45) is 34.0 Å². The highest BCUT2D eigenvalue weighted by Gasteiger charge is 2.57. The van der Waals surface area contributed by atoms with Crippen LogP contribution in [0.2, 0.25) is 0 Å². The van der Waals surface area contributed by atoms with Gasteiger partial charge in [0.25, 0.3) is 0 Å². The van der Waals surface area contributed by atoms with Gasteiger partial charge in [0, 0.05) is 0 Å². The summed E-state index contributed by atoms with van der Waals surface area (Å²) in [4.78, 5) is 25.3. The molecule has 4 heteroatoms. The summed E-state index contributed by atoms with van der Waals surface area (Å²) in [5.74, 6) is 0.0840. The van der Waals surface area contributed by atoms with Crippen LogP contribution in [0.4, 0.5) is 0 Å². The fourth-order valence-electron chi connectivity index (χ4n) is 6.90. The standard InChI is InChI=1S/C26H41NO3/c1-7-24(4)14-11-19-18(16-24)9-10-21-25(19,5)12-8-13-26(21,6)23(30)27-20(22(28)29)15-17(2)3/h7,11,17-18,20-21H,1,8-10,12-16H2,2-6H3,(H,27,30)(H,28,29)/t18?,20-,21?,24+,25+,26-/m0/s1. The Balaban J connectivity index is 1.87. The molecule has 2 saturated carbocycles. The second kappa shape index (κ2) is 8.16. The molecule has 168 valence electrons. The van der Waals surface area contributed by atoms with Crippen LogP contribution in [-0.2, 0) is 9.59 Å². The Bertz CT molecular complexity index is 741. The van der Waals surface area contributed by atoms with E-state index < -0.39 is 17.4 Å². The van der Waals surface area contributed by atoms with Gasteiger partial charge in [-0.1, -0.05) is 58.8 Å². The average Bonchev–Trinajstić information content (AvgIpc) is 2.66. The topological polar surface area (TPSA) is 66.4 Å². The van der Waals surface area contributed by atoms with Gasteiger partial charge in [0.2, 0.25) is 5.91 Å². The smallest absolute Gasteiger partial charge is 0.326 e. The van der Waals surface area contributed by atoms with Crippen LogP contribution >= 0.6 is 0 Å². The van der Waals surface area contributed by atoms with Gasteiger partial charge in [0.1, 0.15) is 6.04 Å². The maximum Gasteiger partial charge on any atom is 0.326 e. The Morgan fingerprint density at radius 2 is 1.97 bits per heavy atom. The summed E-state index contributed by atoms with van der Waals surface area (Å²) in [6.07, 6.45) is 12.4. The van der Waals surface area contributed by atoms with Crippen LogP contribution in [-0.4, -0.2) is 23.0 Å². The molecule has 0 heterocycles. The van der Waals surface area contributed by atoms with Crippen molar-refractivity contribution in [1.82, 2.24) is 5.32 Å². The summed E-state index contributed by atoms with van der Waals surface area (Å²) < 4.78 is 0. The van der Waals surface area contributed by atoms with E-state index in [1.165, 1.54) is 0 Å². The van der Waals surface area contributed by atoms with E-state index in [-0.39, 0.29) is 28.6 Å². The van der Waals surface area contributed by atoms with Gasteiger partial charge >= 0.3 is 5.97 Å². The predicted molar refractivity (Wildman–Crippen MR) is 121 cm³/mol. The number of rotatable bonds is 6. The fraction of sp³-hybridized carbons (Fsp3) is 0.769. The van der Waals surface area contributed by atoms with E-state index in [0.717, 1.165) is 44.9 Å². The second-order valence-corrected chi connectivity index (χ2v) is 11.4. The van der Waals surface area contributed by atoms with Crippen molar-refractivity contribution in [3.05, 3.63) is 24.3 Å². The van der Waals surface area contributed by atoms with Gasteiger partial charge < -0.3 is 10.4 Å². The van der Waals surface area contributed by atoms with Crippen LogP contribution in [0.25, 0.3) is 0 Å². The van der Waals surface area contributed by atoms with Crippen molar-refractivity contribution < 1.29 is 14.7 Å². The van der Waals surface area contributed by atoms with Gasteiger partial charge in [0.15, 0.2) is 0 Å². The van der Waals surface area contributed by atoms with Gasteiger partial charge in [-0.05, 0) is 73.5 Å². The summed E-state index contributed by atoms with van der Waals surface area (Å²) in [7, 11) is 0. The maximum absolute atomic E-state index is 13.5. The van der Waals surface area contributed by atoms with Crippen LogP contribution in [0.3, 0.4) is 0 Å². The van der Waals surface area contributed by atoms with E-state index in [1.807, 2.05) is 13.8 Å². The van der Waals surface area contributed by atoms with E-state index >= 15 is 0 Å². The molecule has 0 aromatic heterocycles. The van der Waals surface area contributed by atoms with E-state index in [0.29, 0.717) is 12.3 Å². The lowest BCUT2D eigenvalue weighted by molar-refractivity contribution is -0.149. The van der Waals surface area contributed by atoms with Gasteiger partial charge in [-0.25, -0.2) is 4.79 Å². The van der Waals surface area contributed by atoms with Gasteiger partial charge in [-0.3, -0.25) is 4.79 Å². The van der Waals surface area contributed by atoms with Gasteiger partial charge in [0.05, 0.1) is 5.41 Å². The number of carboxylic acids is 1. The number of allylic oxidation sites excluding steroid dienone is 3. The van der Waals surface area contributed by atoms with Gasteiger partial charge in [-0.15, -0.1) is 6.58 Å². The summed E-state index contributed by atoms with van der Waals surface area (Å²) in [5, 5.41) is 12.6. The molecule has 30 heavy (non-hydrogen) atoms. The molecular formula is C26H41NO3. The SMILES string of the molecule is C=C[C@]1(C)CC=C2C(CCC3[C@@](C)(C(=O)N[C@@H](CC(C)C)C(=O)O)CCC[C@]23C)C1. The monoisotopic (exact) mass is 415 g/mol. The zero-order chi connectivity index (χ0) is 22.3. The van der Waals surface area contributed by atoms with E-state index in [9.17, 15) is 14.7 Å². The summed E-state index contributed by atoms with van der Waals surface area (Å²) in [6.45, 7) is 14.8. The first-order valence-electron chi connectivity index (χ1n) is 11.8. The lowest BCUT2D eigenvalue weighted by Crippen LogP contribution is -2.57. The number of fused-ring (bicyclic) bond motifs is 3. The lowest BCUT2D eigenvalue weighted by atomic mass is 9.46. The van der Waals surface area contributed by atoms with Crippen LogP contribution in [0.5, 0.6) is 0 Å². The summed E-state index contributed by atoms with van der Waals surface area (Å²) in [6, 6.07) is -0.805. The fourth-order valence-corrected chi connectivity index (χ4v) is 6.90. The molecule has 3 aliphatic rings. The Kier molecular flexibility index (Phi) is 6.28. The quantitative estimate of drug-likeness (QED) is 0.544. The number of hydrogen-bond donors (Lipinski definition) is 2. The highest BCUT2D eigenvalue weighted by molar-refractivity contribution is 5.87. The zero-order valence-electron chi connectivity index (χ0n) is 19.6. The van der Waals surface area contributed by atoms with Crippen molar-refractivity contribution in [3.63, 3.8) is 0 Å². The molecule has 4 nitrogen and oxygen atoms in total. The Morgan fingerprint density at radius 1 is 1.27 bits per heavy atom. The zero-order valence-corrected chi connectivity index (χ0v) is 19.6. The van der Waals surface area contributed by atoms with Crippen LogP contribution < -0.4 is 5.32 Å². The number of carboxylic acid groups (broad SMARTS) is 1. The van der Waals surface area contributed by atoms with E-state index in [4.69, 9.17) is 0 Å². The molecule has 0 spiro atoms. The Labute approximate surface area is 182 Å². The minimum Gasteiger partial charge on any atom is -0.480 e. The number of hydrogen-bond acceptors (Lipinski definition) is 2. The number of nitrogens with one attached hydrogen (secondary N) is 1. The molecule has 3 aliphatic carbocycles. The van der Waals surface area contributed by atoms with Crippen LogP contribution in [0.15, 0.2) is 24.3 Å². The second-order valence-electron chi connectivity index (χ2n) is 11.4. The largest absolute Gasteiger partial charge is 0.480 e.